The van der Waals surface area contributed by atoms with Gasteiger partial charge in [-0.15, -0.1) is 0 Å². The molecule has 1 fully saturated rings. The summed E-state index contributed by atoms with van der Waals surface area (Å²) < 4.78 is 1.95. The number of hydrogen-bond donors (Lipinski definition) is 2. The Morgan fingerprint density at radius 1 is 1.45 bits per heavy atom. The molecule has 0 aliphatic carbocycles. The zero-order valence-electron chi connectivity index (χ0n) is 13.4. The predicted octanol–water partition coefficient (Wildman–Crippen LogP) is 1.58. The van der Waals surface area contributed by atoms with Crippen molar-refractivity contribution in [1.82, 2.24) is 15.1 Å². The largest absolute Gasteiger partial charge is 0.388 e. The molecule has 1 unspecified atom stereocenters. The number of aryl methyl sites for hydroxylation is 2. The quantitative estimate of drug-likeness (QED) is 0.879. The Kier molecular flexibility index (Phi) is 4.39. The number of anilines is 1. The van der Waals surface area contributed by atoms with E-state index in [-0.39, 0.29) is 0 Å². The van der Waals surface area contributed by atoms with Gasteiger partial charge in [0.2, 0.25) is 0 Å². The molecule has 0 bridgehead atoms. The Morgan fingerprint density at radius 2 is 2.15 bits per heavy atom. The highest BCUT2D eigenvalue weighted by atomic mass is 16.3. The second kappa shape index (κ2) is 5.74. The number of hydrogen-bond acceptors (Lipinski definition) is 4. The minimum absolute atomic E-state index is 0.451. The van der Waals surface area contributed by atoms with Crippen molar-refractivity contribution in [2.75, 3.05) is 18.0 Å². The third kappa shape index (κ3) is 3.33. The summed E-state index contributed by atoms with van der Waals surface area (Å²) in [6, 6.07) is 0.451. The maximum atomic E-state index is 10.3. The summed E-state index contributed by atoms with van der Waals surface area (Å²) in [5.41, 5.74) is 1.72. The molecule has 2 rings (SSSR count). The molecule has 1 aliphatic rings. The van der Waals surface area contributed by atoms with E-state index in [9.17, 15) is 5.11 Å². The van der Waals surface area contributed by atoms with Crippen molar-refractivity contribution in [2.45, 2.75) is 58.7 Å². The van der Waals surface area contributed by atoms with Crippen molar-refractivity contribution in [3.8, 4) is 0 Å². The summed E-state index contributed by atoms with van der Waals surface area (Å²) in [6.07, 6.45) is 1.90. The number of nitrogens with zero attached hydrogens (tertiary/aromatic N) is 3. The summed E-state index contributed by atoms with van der Waals surface area (Å²) in [5, 5.41) is 18.4. The second-order valence-corrected chi connectivity index (χ2v) is 6.57. The Labute approximate surface area is 122 Å². The highest BCUT2D eigenvalue weighted by Crippen LogP contribution is 2.29. The minimum atomic E-state index is -0.598. The van der Waals surface area contributed by atoms with Crippen molar-refractivity contribution in [1.29, 1.82) is 0 Å². The monoisotopic (exact) mass is 280 g/mol. The second-order valence-electron chi connectivity index (χ2n) is 6.57. The van der Waals surface area contributed by atoms with Gasteiger partial charge in [0.05, 0.1) is 11.3 Å². The van der Waals surface area contributed by atoms with Crippen LogP contribution in [-0.4, -0.2) is 39.6 Å². The maximum absolute atomic E-state index is 10.3. The third-order valence-electron chi connectivity index (χ3n) is 3.97. The van der Waals surface area contributed by atoms with Gasteiger partial charge in [0.15, 0.2) is 0 Å². The molecule has 20 heavy (non-hydrogen) atoms. The van der Waals surface area contributed by atoms with Crippen LogP contribution >= 0.6 is 0 Å². The summed E-state index contributed by atoms with van der Waals surface area (Å²) >= 11 is 0. The van der Waals surface area contributed by atoms with E-state index in [1.165, 1.54) is 5.56 Å². The molecule has 1 aromatic rings. The molecular weight excluding hydrogens is 252 g/mol. The molecule has 0 radical (unpaired) electrons. The number of nitrogens with one attached hydrogen (secondary N) is 1. The zero-order chi connectivity index (χ0) is 14.9. The van der Waals surface area contributed by atoms with Gasteiger partial charge < -0.3 is 15.3 Å². The van der Waals surface area contributed by atoms with Crippen LogP contribution in [0.1, 0.15) is 44.9 Å². The number of rotatable bonds is 4. The molecule has 114 valence electrons. The normalized spacial score (nSPS) is 23.6. The molecule has 0 spiro atoms. The van der Waals surface area contributed by atoms with Crippen LogP contribution < -0.4 is 10.2 Å². The van der Waals surface area contributed by atoms with Crippen molar-refractivity contribution in [3.63, 3.8) is 0 Å². The molecule has 0 amide bonds. The van der Waals surface area contributed by atoms with Crippen LogP contribution in [0.2, 0.25) is 0 Å². The Morgan fingerprint density at radius 3 is 2.75 bits per heavy atom. The van der Waals surface area contributed by atoms with E-state index in [0.29, 0.717) is 12.6 Å². The highest BCUT2D eigenvalue weighted by Gasteiger charge is 2.31. The fourth-order valence-corrected chi connectivity index (χ4v) is 3.00. The van der Waals surface area contributed by atoms with Gasteiger partial charge in [-0.05, 0) is 26.7 Å². The van der Waals surface area contributed by atoms with E-state index >= 15 is 0 Å². The zero-order valence-corrected chi connectivity index (χ0v) is 13.4. The van der Waals surface area contributed by atoms with Crippen molar-refractivity contribution < 1.29 is 5.11 Å². The smallest absolute Gasteiger partial charge is 0.131 e. The topological polar surface area (TPSA) is 53.3 Å². The van der Waals surface area contributed by atoms with Crippen molar-refractivity contribution >= 4 is 5.82 Å². The van der Waals surface area contributed by atoms with E-state index in [2.05, 4.69) is 36.1 Å². The molecule has 1 aromatic heterocycles. The van der Waals surface area contributed by atoms with Crippen LogP contribution in [-0.2, 0) is 13.6 Å². The maximum Gasteiger partial charge on any atom is 0.131 e. The fourth-order valence-electron chi connectivity index (χ4n) is 3.00. The van der Waals surface area contributed by atoms with Crippen LogP contribution in [0.3, 0.4) is 0 Å². The summed E-state index contributed by atoms with van der Waals surface area (Å²) in [7, 11) is 1.99. The van der Waals surface area contributed by atoms with Crippen LogP contribution in [0, 0.1) is 6.92 Å². The van der Waals surface area contributed by atoms with Crippen LogP contribution in [0.4, 0.5) is 5.82 Å². The van der Waals surface area contributed by atoms with E-state index in [0.717, 1.165) is 37.4 Å². The first-order valence-electron chi connectivity index (χ1n) is 7.53. The van der Waals surface area contributed by atoms with E-state index in [1.807, 2.05) is 18.7 Å². The Hall–Kier alpha value is -1.07. The standard InChI is InChI=1S/C15H28N4O/c1-11(2)16-9-13-12(3)17-18(5)14(13)19-8-6-7-15(4,20)10-19/h11,16,20H,6-10H2,1-5H3. The molecule has 1 saturated heterocycles. The Bertz CT molecular complexity index is 465. The van der Waals surface area contributed by atoms with Crippen molar-refractivity contribution in [3.05, 3.63) is 11.3 Å². The highest BCUT2D eigenvalue weighted by molar-refractivity contribution is 5.51. The molecule has 5 heteroatoms. The molecule has 5 nitrogen and oxygen atoms in total. The lowest BCUT2D eigenvalue weighted by Gasteiger charge is -2.38. The van der Waals surface area contributed by atoms with Crippen LogP contribution in [0.25, 0.3) is 0 Å². The van der Waals surface area contributed by atoms with Gasteiger partial charge >= 0.3 is 0 Å². The molecule has 1 atom stereocenters. The molecule has 2 N–H and O–H groups in total. The van der Waals surface area contributed by atoms with Crippen molar-refractivity contribution in [2.24, 2.45) is 7.05 Å². The summed E-state index contributed by atoms with van der Waals surface area (Å²) in [4.78, 5) is 2.28. The van der Waals surface area contributed by atoms with Crippen LogP contribution in [0.15, 0.2) is 0 Å². The van der Waals surface area contributed by atoms with Gasteiger partial charge in [0.1, 0.15) is 5.82 Å². The summed E-state index contributed by atoms with van der Waals surface area (Å²) in [5.74, 6) is 1.15. The number of β-amino-alcohol motifs (C(OH)–C–C–N with tert-alkyl or cyclic N) is 1. The number of piperidine rings is 1. The van der Waals surface area contributed by atoms with E-state index in [1.54, 1.807) is 0 Å². The van der Waals surface area contributed by atoms with Gasteiger partial charge in [-0.1, -0.05) is 13.8 Å². The average Bonchev–Trinajstić information content (AvgIpc) is 2.59. The van der Waals surface area contributed by atoms with Gasteiger partial charge in [0.25, 0.3) is 0 Å². The lowest BCUT2D eigenvalue weighted by atomic mass is 9.95. The SMILES string of the molecule is Cc1nn(C)c(N2CCCC(C)(O)C2)c1CNC(C)C. The molecule has 2 heterocycles. The first-order valence-corrected chi connectivity index (χ1v) is 7.53. The lowest BCUT2D eigenvalue weighted by molar-refractivity contribution is 0.0445. The first kappa shape index (κ1) is 15.3. The molecule has 1 aliphatic heterocycles. The van der Waals surface area contributed by atoms with Gasteiger partial charge in [0, 0.05) is 38.3 Å². The number of aliphatic hydroxyl groups is 1. The third-order valence-corrected chi connectivity index (χ3v) is 3.97. The average molecular weight is 280 g/mol. The van der Waals surface area contributed by atoms with E-state index in [4.69, 9.17) is 0 Å². The van der Waals surface area contributed by atoms with Crippen LogP contribution in [0.5, 0.6) is 0 Å². The van der Waals surface area contributed by atoms with Gasteiger partial charge in [-0.3, -0.25) is 4.68 Å². The molecular formula is C15H28N4O. The Balaban J connectivity index is 2.25. The predicted molar refractivity (Wildman–Crippen MR) is 82.0 cm³/mol. The number of aromatic nitrogens is 2. The van der Waals surface area contributed by atoms with E-state index < -0.39 is 5.60 Å². The molecule has 0 aromatic carbocycles. The molecule has 0 saturated carbocycles. The lowest BCUT2D eigenvalue weighted by Crippen LogP contribution is -2.47. The summed E-state index contributed by atoms with van der Waals surface area (Å²) in [6.45, 7) is 10.8. The van der Waals surface area contributed by atoms with Gasteiger partial charge in [-0.2, -0.15) is 5.10 Å². The first-order chi connectivity index (χ1) is 9.30. The fraction of sp³-hybridized carbons (Fsp3) is 0.800. The van der Waals surface area contributed by atoms with Gasteiger partial charge in [-0.25, -0.2) is 0 Å². The minimum Gasteiger partial charge on any atom is -0.388 e.